The highest BCUT2D eigenvalue weighted by molar-refractivity contribution is 6.36. The second-order valence-corrected chi connectivity index (χ2v) is 13.6. The van der Waals surface area contributed by atoms with Crippen molar-refractivity contribution in [3.05, 3.63) is 221 Å². The van der Waals surface area contributed by atoms with E-state index in [-0.39, 0.29) is 0 Å². The van der Waals surface area contributed by atoms with Crippen molar-refractivity contribution in [2.45, 2.75) is 0 Å². The van der Waals surface area contributed by atoms with Crippen molar-refractivity contribution in [2.24, 2.45) is 0 Å². The molecule has 0 atom stereocenters. The lowest BCUT2D eigenvalue weighted by atomic mass is 9.90. The maximum Gasteiger partial charge on any atom is 0.0541 e. The molecule has 0 bridgehead atoms. The summed E-state index contributed by atoms with van der Waals surface area (Å²) in [6.45, 7) is 0. The van der Waals surface area contributed by atoms with Crippen molar-refractivity contribution in [2.75, 3.05) is 0 Å². The predicted octanol–water partition coefficient (Wildman–Crippen LogP) is 12.8. The summed E-state index contributed by atoms with van der Waals surface area (Å²) in [7, 11) is 0. The Kier molecular flexibility index (Phi) is 6.02. The third-order valence-corrected chi connectivity index (χ3v) is 10.9. The fourth-order valence-electron chi connectivity index (χ4n) is 8.76. The third kappa shape index (κ3) is 4.09. The van der Waals surface area contributed by atoms with Gasteiger partial charge in [-0.25, -0.2) is 0 Å². The Morgan fingerprint density at radius 1 is 0.275 bits per heavy atom. The molecule has 1 heterocycles. The summed E-state index contributed by atoms with van der Waals surface area (Å²) in [6, 6.07) is 69.1. The molecule has 0 fully saturated rings. The number of fused-ring (bicyclic) bond motifs is 9. The molecule has 0 saturated heterocycles. The van der Waals surface area contributed by atoms with Gasteiger partial charge in [0.1, 0.15) is 0 Å². The molecule has 0 amide bonds. The first-order valence-electron chi connectivity index (χ1n) is 17.7. The largest absolute Gasteiger partial charge is 0.309 e. The Hall–Kier alpha value is -6.70. The van der Waals surface area contributed by atoms with Crippen LogP contribution in [-0.2, 0) is 0 Å². The molecule has 0 unspecified atom stereocenters. The highest BCUT2D eigenvalue weighted by Gasteiger charge is 2.37. The second kappa shape index (κ2) is 10.9. The predicted molar refractivity (Wildman–Crippen MR) is 215 cm³/mol. The van der Waals surface area contributed by atoms with E-state index in [9.17, 15) is 0 Å². The summed E-state index contributed by atoms with van der Waals surface area (Å²) in [6.07, 6.45) is 0. The maximum absolute atomic E-state index is 2.45. The number of aromatic nitrogens is 1. The SMILES string of the molecule is c1ccc(-c2ccc3c(c2)c2cc(C4=C5C(=C(c6cccc7ccccc67)c6ccccc65)c5ccccc54)ccc2n3-c2ccccc2)cc1. The zero-order valence-electron chi connectivity index (χ0n) is 27.8. The average Bonchev–Trinajstić information content (AvgIpc) is 3.83. The van der Waals surface area contributed by atoms with Crippen LogP contribution in [0.4, 0.5) is 0 Å². The molecule has 0 saturated carbocycles. The molecule has 0 radical (unpaired) electrons. The van der Waals surface area contributed by atoms with Crippen LogP contribution in [0.5, 0.6) is 0 Å². The summed E-state index contributed by atoms with van der Waals surface area (Å²) < 4.78 is 2.42. The van der Waals surface area contributed by atoms with Crippen LogP contribution in [-0.4, -0.2) is 4.57 Å². The molecule has 1 aromatic heterocycles. The van der Waals surface area contributed by atoms with Gasteiger partial charge in [-0.05, 0) is 114 Å². The Bertz CT molecular complexity index is 2930. The normalized spacial score (nSPS) is 13.3. The molecule has 236 valence electrons. The summed E-state index contributed by atoms with van der Waals surface area (Å²) in [4.78, 5) is 0. The number of benzene rings is 8. The van der Waals surface area contributed by atoms with Gasteiger partial charge >= 0.3 is 0 Å². The van der Waals surface area contributed by atoms with E-state index in [0.29, 0.717) is 0 Å². The summed E-state index contributed by atoms with van der Waals surface area (Å²) in [5, 5.41) is 5.06. The van der Waals surface area contributed by atoms with E-state index in [0.717, 1.165) is 0 Å². The molecule has 2 aliphatic carbocycles. The minimum Gasteiger partial charge on any atom is -0.309 e. The molecule has 9 aromatic rings. The highest BCUT2D eigenvalue weighted by atomic mass is 15.0. The van der Waals surface area contributed by atoms with Crippen molar-refractivity contribution >= 4 is 54.9 Å². The van der Waals surface area contributed by atoms with Gasteiger partial charge < -0.3 is 4.57 Å². The first-order valence-corrected chi connectivity index (χ1v) is 17.7. The minimum atomic E-state index is 1.17. The van der Waals surface area contributed by atoms with Crippen molar-refractivity contribution in [3.8, 4) is 16.8 Å². The van der Waals surface area contributed by atoms with E-state index in [4.69, 9.17) is 0 Å². The zero-order chi connectivity index (χ0) is 33.5. The van der Waals surface area contributed by atoms with Crippen LogP contribution in [0.2, 0.25) is 0 Å². The molecule has 0 spiro atoms. The Morgan fingerprint density at radius 2 is 0.765 bits per heavy atom. The van der Waals surface area contributed by atoms with Gasteiger partial charge in [0.25, 0.3) is 0 Å². The molecule has 0 aliphatic heterocycles. The zero-order valence-corrected chi connectivity index (χ0v) is 27.8. The van der Waals surface area contributed by atoms with Crippen molar-refractivity contribution in [1.82, 2.24) is 4.57 Å². The van der Waals surface area contributed by atoms with Gasteiger partial charge in [-0.3, -0.25) is 0 Å². The highest BCUT2D eigenvalue weighted by Crippen LogP contribution is 2.59. The fourth-order valence-corrected chi connectivity index (χ4v) is 8.76. The van der Waals surface area contributed by atoms with E-state index < -0.39 is 0 Å². The number of hydrogen-bond acceptors (Lipinski definition) is 0. The van der Waals surface area contributed by atoms with Crippen LogP contribution in [0.15, 0.2) is 188 Å². The monoisotopic (exact) mass is 645 g/mol. The van der Waals surface area contributed by atoms with Crippen molar-refractivity contribution in [1.29, 1.82) is 0 Å². The van der Waals surface area contributed by atoms with Gasteiger partial charge in [-0.2, -0.15) is 0 Å². The van der Waals surface area contributed by atoms with E-state index in [1.807, 2.05) is 0 Å². The first-order chi connectivity index (χ1) is 25.3. The van der Waals surface area contributed by atoms with Gasteiger partial charge in [0.15, 0.2) is 0 Å². The number of hydrogen-bond donors (Lipinski definition) is 0. The molecule has 8 aromatic carbocycles. The first kappa shape index (κ1) is 28.2. The van der Waals surface area contributed by atoms with E-state index >= 15 is 0 Å². The van der Waals surface area contributed by atoms with Crippen LogP contribution in [0, 0.1) is 0 Å². The molecule has 2 aliphatic rings. The number of para-hydroxylation sites is 1. The topological polar surface area (TPSA) is 4.93 Å². The Morgan fingerprint density at radius 3 is 1.47 bits per heavy atom. The molecule has 1 nitrogen and oxygen atoms in total. The van der Waals surface area contributed by atoms with E-state index in [1.165, 1.54) is 105 Å². The van der Waals surface area contributed by atoms with Crippen molar-refractivity contribution < 1.29 is 0 Å². The van der Waals surface area contributed by atoms with Gasteiger partial charge in [0.05, 0.1) is 11.0 Å². The second-order valence-electron chi connectivity index (χ2n) is 13.6. The Labute approximate surface area is 296 Å². The summed E-state index contributed by atoms with van der Waals surface area (Å²) in [5.74, 6) is 0. The van der Waals surface area contributed by atoms with Crippen molar-refractivity contribution in [3.63, 3.8) is 0 Å². The number of rotatable bonds is 4. The van der Waals surface area contributed by atoms with E-state index in [2.05, 4.69) is 193 Å². The number of nitrogens with zero attached hydrogens (tertiary/aromatic N) is 1. The average molecular weight is 646 g/mol. The van der Waals surface area contributed by atoms with Crippen LogP contribution in [0.1, 0.15) is 33.4 Å². The Balaban J connectivity index is 1.23. The molecule has 1 heteroatoms. The van der Waals surface area contributed by atoms with Crippen LogP contribution < -0.4 is 0 Å². The third-order valence-electron chi connectivity index (χ3n) is 10.9. The molecule has 51 heavy (non-hydrogen) atoms. The lowest BCUT2D eigenvalue weighted by Gasteiger charge is -2.13. The molecular formula is C50H31N. The van der Waals surface area contributed by atoms with E-state index in [1.54, 1.807) is 0 Å². The summed E-state index contributed by atoms with van der Waals surface area (Å²) in [5.41, 5.74) is 19.1. The van der Waals surface area contributed by atoms with Gasteiger partial charge in [-0.15, -0.1) is 0 Å². The smallest absolute Gasteiger partial charge is 0.0541 e. The van der Waals surface area contributed by atoms with Gasteiger partial charge in [0.2, 0.25) is 0 Å². The van der Waals surface area contributed by atoms with Crippen LogP contribution in [0.3, 0.4) is 0 Å². The fraction of sp³-hybridized carbons (Fsp3) is 0. The lowest BCUT2D eigenvalue weighted by molar-refractivity contribution is 1.18. The maximum atomic E-state index is 2.45. The lowest BCUT2D eigenvalue weighted by Crippen LogP contribution is -1.94. The molecular weight excluding hydrogens is 615 g/mol. The van der Waals surface area contributed by atoms with Gasteiger partial charge in [-0.1, -0.05) is 152 Å². The standard InChI is InChI=1S/C50H31N/c1-3-14-32(15-4-1)34-26-28-45-43(30-34)44-31-35(27-29-46(44)51(45)36-18-5-2-6-19-36)47-39-21-9-11-23-41(39)50-48(40-22-10-12-24-42(40)49(47)50)38-25-13-17-33-16-7-8-20-37(33)38/h1-31H. The van der Waals surface area contributed by atoms with Crippen LogP contribution >= 0.6 is 0 Å². The van der Waals surface area contributed by atoms with Gasteiger partial charge in [0, 0.05) is 16.5 Å². The number of allylic oxidation sites excluding steroid dienone is 2. The van der Waals surface area contributed by atoms with Crippen LogP contribution in [0.25, 0.3) is 71.7 Å². The summed E-state index contributed by atoms with van der Waals surface area (Å²) >= 11 is 0. The quantitative estimate of drug-likeness (QED) is 0.179. The molecule has 0 N–H and O–H groups in total. The minimum absolute atomic E-state index is 1.17. The molecule has 11 rings (SSSR count).